The minimum absolute atomic E-state index is 0.376. The molecule has 19 heavy (non-hydrogen) atoms. The molecule has 0 spiro atoms. The van der Waals surface area contributed by atoms with E-state index in [4.69, 9.17) is 0 Å². The molecule has 0 aromatic carbocycles. The van der Waals surface area contributed by atoms with Crippen LogP contribution in [0.15, 0.2) is 24.5 Å². The monoisotopic (exact) mass is 266 g/mol. The highest BCUT2D eigenvalue weighted by Crippen LogP contribution is 2.21. The van der Waals surface area contributed by atoms with Crippen LogP contribution in [-0.4, -0.2) is 28.9 Å². The Morgan fingerprint density at radius 2 is 2.05 bits per heavy atom. The van der Waals surface area contributed by atoms with Gasteiger partial charge in [-0.25, -0.2) is 8.78 Å². The first-order chi connectivity index (χ1) is 9.06. The number of nitrogens with zero attached hydrogens (tertiary/aromatic N) is 2. The lowest BCUT2D eigenvalue weighted by atomic mass is 10.0. The second-order valence-electron chi connectivity index (χ2n) is 4.94. The Kier molecular flexibility index (Phi) is 4.20. The fourth-order valence-electron chi connectivity index (χ4n) is 2.52. The molecule has 4 heteroatoms. The van der Waals surface area contributed by atoms with Crippen LogP contribution in [-0.2, 0) is 6.42 Å². The van der Waals surface area contributed by atoms with Gasteiger partial charge in [-0.1, -0.05) is 13.8 Å². The van der Waals surface area contributed by atoms with Crippen LogP contribution in [0.4, 0.5) is 8.78 Å². The normalized spacial score (nSPS) is 13.4. The molecule has 0 fully saturated rings. The van der Waals surface area contributed by atoms with Crippen molar-refractivity contribution in [2.45, 2.75) is 32.7 Å². The van der Waals surface area contributed by atoms with Crippen molar-refractivity contribution in [2.24, 2.45) is 0 Å². The molecule has 2 aromatic rings. The second kappa shape index (κ2) is 5.70. The highest BCUT2D eigenvalue weighted by molar-refractivity contribution is 5.57. The summed E-state index contributed by atoms with van der Waals surface area (Å²) in [6.45, 7) is 5.20. The van der Waals surface area contributed by atoms with Gasteiger partial charge < -0.3 is 9.30 Å². The Labute approximate surface area is 112 Å². The van der Waals surface area contributed by atoms with Gasteiger partial charge in [0.15, 0.2) is 0 Å². The summed E-state index contributed by atoms with van der Waals surface area (Å²) in [5.41, 5.74) is 1.43. The molecule has 0 bridgehead atoms. The van der Waals surface area contributed by atoms with Crippen molar-refractivity contribution in [3.63, 3.8) is 0 Å². The van der Waals surface area contributed by atoms with Crippen molar-refractivity contribution < 1.29 is 8.78 Å². The number of hydrogen-bond donors (Lipinski definition) is 0. The van der Waals surface area contributed by atoms with Gasteiger partial charge in [0, 0.05) is 24.5 Å². The molecule has 1 atom stereocenters. The third-order valence-electron chi connectivity index (χ3n) is 3.80. The van der Waals surface area contributed by atoms with Crippen LogP contribution in [0.3, 0.4) is 0 Å². The third kappa shape index (κ3) is 2.78. The summed E-state index contributed by atoms with van der Waals surface area (Å²) in [4.78, 5) is 2.25. The molecule has 2 heterocycles. The maximum absolute atomic E-state index is 13.9. The zero-order chi connectivity index (χ0) is 14.0. The van der Waals surface area contributed by atoms with Crippen molar-refractivity contribution in [1.29, 1.82) is 0 Å². The molecule has 2 aromatic heterocycles. The van der Waals surface area contributed by atoms with E-state index >= 15 is 0 Å². The molecule has 0 amide bonds. The molecule has 104 valence electrons. The van der Waals surface area contributed by atoms with E-state index in [-0.39, 0.29) is 0 Å². The van der Waals surface area contributed by atoms with Gasteiger partial charge in [-0.15, -0.1) is 0 Å². The average Bonchev–Trinajstić information content (AvgIpc) is 2.78. The number of pyridine rings is 1. The van der Waals surface area contributed by atoms with Crippen LogP contribution in [0, 0.1) is 11.6 Å². The summed E-state index contributed by atoms with van der Waals surface area (Å²) in [7, 11) is 2.07. The highest BCUT2D eigenvalue weighted by atomic mass is 19.1. The van der Waals surface area contributed by atoms with Crippen LogP contribution in [0.5, 0.6) is 0 Å². The van der Waals surface area contributed by atoms with Crippen LogP contribution in [0.1, 0.15) is 25.8 Å². The smallest absolute Gasteiger partial charge is 0.150 e. The van der Waals surface area contributed by atoms with Gasteiger partial charge in [0.1, 0.15) is 11.6 Å². The second-order valence-corrected chi connectivity index (χ2v) is 4.94. The van der Waals surface area contributed by atoms with E-state index in [0.717, 1.165) is 31.0 Å². The van der Waals surface area contributed by atoms with Crippen molar-refractivity contribution in [2.75, 3.05) is 13.6 Å². The number of likely N-dealkylation sites (N-methyl/N-ethyl adjacent to an activating group) is 1. The fraction of sp³-hybridized carbons (Fsp3) is 0.467. The quantitative estimate of drug-likeness (QED) is 0.804. The lowest BCUT2D eigenvalue weighted by Crippen LogP contribution is -2.32. The van der Waals surface area contributed by atoms with E-state index in [1.54, 1.807) is 6.20 Å². The maximum Gasteiger partial charge on any atom is 0.150 e. The lowest BCUT2D eigenvalue weighted by molar-refractivity contribution is 0.246. The fourth-order valence-corrected chi connectivity index (χ4v) is 2.52. The number of halogens is 2. The minimum Gasteiger partial charge on any atom is -0.318 e. The predicted molar refractivity (Wildman–Crippen MR) is 73.4 cm³/mol. The zero-order valence-electron chi connectivity index (χ0n) is 11.7. The van der Waals surface area contributed by atoms with Crippen LogP contribution >= 0.6 is 0 Å². The SMILES string of the molecule is CCC(Cc1ccn2cc(F)cc(F)c12)N(C)CC. The summed E-state index contributed by atoms with van der Waals surface area (Å²) in [6.07, 6.45) is 4.81. The van der Waals surface area contributed by atoms with Crippen molar-refractivity contribution in [1.82, 2.24) is 9.30 Å². The van der Waals surface area contributed by atoms with E-state index in [2.05, 4.69) is 25.8 Å². The topological polar surface area (TPSA) is 7.65 Å². The predicted octanol–water partition coefficient (Wildman–Crippen LogP) is 3.49. The summed E-state index contributed by atoms with van der Waals surface area (Å²) in [6, 6.07) is 3.20. The van der Waals surface area contributed by atoms with Crippen LogP contribution in [0.25, 0.3) is 5.52 Å². The summed E-state index contributed by atoms with van der Waals surface area (Å²) in [5, 5.41) is 0. The number of aromatic nitrogens is 1. The van der Waals surface area contributed by atoms with Gasteiger partial charge in [0.05, 0.1) is 5.52 Å². The van der Waals surface area contributed by atoms with Gasteiger partial charge in [-0.2, -0.15) is 0 Å². The third-order valence-corrected chi connectivity index (χ3v) is 3.80. The minimum atomic E-state index is -0.551. The molecule has 0 saturated heterocycles. The summed E-state index contributed by atoms with van der Waals surface area (Å²) in [5.74, 6) is -1.04. The first-order valence-corrected chi connectivity index (χ1v) is 6.71. The summed E-state index contributed by atoms with van der Waals surface area (Å²) >= 11 is 0. The van der Waals surface area contributed by atoms with Gasteiger partial charge in [0.25, 0.3) is 0 Å². The molecule has 0 saturated carbocycles. The van der Waals surface area contributed by atoms with E-state index in [9.17, 15) is 8.78 Å². The molecular weight excluding hydrogens is 246 g/mol. The zero-order valence-corrected chi connectivity index (χ0v) is 11.7. The summed E-state index contributed by atoms with van der Waals surface area (Å²) < 4.78 is 28.6. The van der Waals surface area contributed by atoms with Crippen LogP contribution < -0.4 is 0 Å². The van der Waals surface area contributed by atoms with Crippen LogP contribution in [0.2, 0.25) is 0 Å². The Hall–Kier alpha value is -1.42. The number of fused-ring (bicyclic) bond motifs is 1. The average molecular weight is 266 g/mol. The molecule has 1 unspecified atom stereocenters. The van der Waals surface area contributed by atoms with E-state index < -0.39 is 11.6 Å². The Morgan fingerprint density at radius 3 is 2.68 bits per heavy atom. The van der Waals surface area contributed by atoms with Crippen molar-refractivity contribution in [3.8, 4) is 0 Å². The molecule has 0 aliphatic carbocycles. The first kappa shape index (κ1) is 14.0. The molecule has 0 N–H and O–H groups in total. The van der Waals surface area contributed by atoms with Crippen molar-refractivity contribution in [3.05, 3.63) is 41.7 Å². The number of hydrogen-bond acceptors (Lipinski definition) is 1. The Bertz CT molecular complexity index is 563. The van der Waals surface area contributed by atoms with Gasteiger partial charge in [-0.3, -0.25) is 0 Å². The highest BCUT2D eigenvalue weighted by Gasteiger charge is 2.16. The number of rotatable bonds is 5. The van der Waals surface area contributed by atoms with E-state index in [1.165, 1.54) is 10.6 Å². The standard InChI is InChI=1S/C15H20F2N2/c1-4-13(18(3)5-2)8-11-6-7-19-10-12(16)9-14(17)15(11)19/h6-7,9-10,13H,4-5,8H2,1-3H3. The van der Waals surface area contributed by atoms with E-state index in [0.29, 0.717) is 11.6 Å². The largest absolute Gasteiger partial charge is 0.318 e. The first-order valence-electron chi connectivity index (χ1n) is 6.71. The van der Waals surface area contributed by atoms with Gasteiger partial charge >= 0.3 is 0 Å². The van der Waals surface area contributed by atoms with Crippen molar-refractivity contribution >= 4 is 5.52 Å². The van der Waals surface area contributed by atoms with Gasteiger partial charge in [-0.05, 0) is 38.1 Å². The van der Waals surface area contributed by atoms with E-state index in [1.807, 2.05) is 6.07 Å². The maximum atomic E-state index is 13.9. The molecule has 0 aliphatic heterocycles. The Balaban J connectivity index is 2.35. The molecule has 0 aliphatic rings. The molecule has 2 rings (SSSR count). The Morgan fingerprint density at radius 1 is 1.32 bits per heavy atom. The van der Waals surface area contributed by atoms with Gasteiger partial charge in [0.2, 0.25) is 0 Å². The molecule has 2 nitrogen and oxygen atoms in total. The lowest BCUT2D eigenvalue weighted by Gasteiger charge is -2.25. The molecular formula is C15H20F2N2. The molecule has 0 radical (unpaired) electrons.